The summed E-state index contributed by atoms with van der Waals surface area (Å²) < 4.78 is 6.30. The molecule has 0 aliphatic carbocycles. The first kappa shape index (κ1) is 24.1. The van der Waals surface area contributed by atoms with Crippen molar-refractivity contribution in [2.24, 2.45) is 0 Å². The topological polar surface area (TPSA) is 81.2 Å². The minimum Gasteiger partial charge on any atom is -0.452 e. The highest BCUT2D eigenvalue weighted by Crippen LogP contribution is 2.30. The number of rotatable bonds is 6. The van der Waals surface area contributed by atoms with Crippen molar-refractivity contribution in [3.63, 3.8) is 0 Å². The van der Waals surface area contributed by atoms with Gasteiger partial charge in [-0.3, -0.25) is 10.1 Å². The van der Waals surface area contributed by atoms with Crippen molar-refractivity contribution in [3.05, 3.63) is 99.3 Å². The van der Waals surface area contributed by atoms with Crippen molar-refractivity contribution < 1.29 is 14.3 Å². The Hall–Kier alpha value is -3.59. The first-order chi connectivity index (χ1) is 17.5. The molecular formula is C27H17BrClN3O3S. The second-order valence-electron chi connectivity index (χ2n) is 7.72. The number of hydrogen-bond donors (Lipinski definition) is 1. The van der Waals surface area contributed by atoms with Crippen LogP contribution in [0.5, 0.6) is 0 Å². The van der Waals surface area contributed by atoms with Crippen molar-refractivity contribution in [2.75, 3.05) is 11.9 Å². The van der Waals surface area contributed by atoms with Gasteiger partial charge in [0.1, 0.15) is 0 Å². The molecule has 6 nitrogen and oxygen atoms in total. The summed E-state index contributed by atoms with van der Waals surface area (Å²) in [6.07, 6.45) is 0. The summed E-state index contributed by atoms with van der Waals surface area (Å²) in [5.74, 6) is -1.10. The first-order valence-corrected chi connectivity index (χ1v) is 12.9. The van der Waals surface area contributed by atoms with Gasteiger partial charge in [0.25, 0.3) is 5.91 Å². The molecule has 0 aliphatic heterocycles. The van der Waals surface area contributed by atoms with E-state index in [4.69, 9.17) is 16.3 Å². The fourth-order valence-corrected chi connectivity index (χ4v) is 4.82. The number of nitrogens with one attached hydrogen (secondary N) is 1. The van der Waals surface area contributed by atoms with Crippen LogP contribution < -0.4 is 5.32 Å². The lowest BCUT2D eigenvalue weighted by Gasteiger charge is -2.10. The molecule has 0 atom stereocenters. The van der Waals surface area contributed by atoms with E-state index in [-0.39, 0.29) is 0 Å². The predicted octanol–water partition coefficient (Wildman–Crippen LogP) is 7.24. The number of pyridine rings is 1. The van der Waals surface area contributed by atoms with Gasteiger partial charge in [0, 0.05) is 31.4 Å². The largest absolute Gasteiger partial charge is 0.452 e. The Bertz CT molecular complexity index is 1590. The molecule has 0 aliphatic rings. The minimum absolute atomic E-state index is 0.335. The van der Waals surface area contributed by atoms with E-state index in [1.807, 2.05) is 60.7 Å². The molecule has 36 heavy (non-hydrogen) atoms. The van der Waals surface area contributed by atoms with Crippen LogP contribution in [0.15, 0.2) is 88.7 Å². The van der Waals surface area contributed by atoms with Crippen LogP contribution in [0.4, 0.5) is 5.13 Å². The Morgan fingerprint density at radius 3 is 2.50 bits per heavy atom. The van der Waals surface area contributed by atoms with Gasteiger partial charge in [0.15, 0.2) is 11.7 Å². The summed E-state index contributed by atoms with van der Waals surface area (Å²) in [7, 11) is 0. The third-order valence-electron chi connectivity index (χ3n) is 5.31. The van der Waals surface area contributed by atoms with Gasteiger partial charge in [-0.2, -0.15) is 0 Å². The van der Waals surface area contributed by atoms with E-state index in [0.29, 0.717) is 38.0 Å². The van der Waals surface area contributed by atoms with Crippen molar-refractivity contribution in [1.29, 1.82) is 0 Å². The Morgan fingerprint density at radius 1 is 0.944 bits per heavy atom. The molecule has 1 N–H and O–H groups in total. The van der Waals surface area contributed by atoms with Crippen molar-refractivity contribution in [1.82, 2.24) is 9.97 Å². The molecule has 178 valence electrons. The van der Waals surface area contributed by atoms with E-state index in [1.54, 1.807) is 23.6 Å². The summed E-state index contributed by atoms with van der Waals surface area (Å²) >= 11 is 10.9. The fourth-order valence-electron chi connectivity index (χ4n) is 3.60. The highest BCUT2D eigenvalue weighted by molar-refractivity contribution is 9.10. The molecule has 5 rings (SSSR count). The van der Waals surface area contributed by atoms with Crippen LogP contribution in [0, 0.1) is 0 Å². The average molecular weight is 579 g/mol. The summed E-state index contributed by atoms with van der Waals surface area (Å²) in [4.78, 5) is 34.6. The van der Waals surface area contributed by atoms with E-state index < -0.39 is 18.5 Å². The quantitative estimate of drug-likeness (QED) is 0.215. The molecule has 3 aromatic carbocycles. The number of anilines is 1. The van der Waals surface area contributed by atoms with Gasteiger partial charge in [0.2, 0.25) is 0 Å². The highest BCUT2D eigenvalue weighted by atomic mass is 79.9. The zero-order valence-electron chi connectivity index (χ0n) is 18.6. The smallest absolute Gasteiger partial charge is 0.339 e. The number of aromatic nitrogens is 2. The summed E-state index contributed by atoms with van der Waals surface area (Å²) in [5, 5.41) is 6.07. The monoisotopic (exact) mass is 577 g/mol. The standard InChI is InChI=1S/C27H17BrClN3O3S/c28-17-11-9-16(10-12-17)23-13-20(18-5-2-4-8-22(18)30-23)26(34)35-14-25(33)32-27-31-24(15-36-27)19-6-1-3-7-21(19)29/h1-13,15H,14H2,(H,31,32,33). The van der Waals surface area contributed by atoms with Gasteiger partial charge in [-0.15, -0.1) is 11.3 Å². The maximum Gasteiger partial charge on any atom is 0.339 e. The zero-order chi connectivity index (χ0) is 25.1. The van der Waals surface area contributed by atoms with Gasteiger partial charge in [-0.05, 0) is 30.3 Å². The summed E-state index contributed by atoms with van der Waals surface area (Å²) in [5.41, 5.74) is 3.90. The number of carbonyl (C=O) groups excluding carboxylic acids is 2. The number of halogens is 2. The summed E-state index contributed by atoms with van der Waals surface area (Å²) in [6.45, 7) is -0.454. The Balaban J connectivity index is 1.31. The SMILES string of the molecule is O=C(COC(=O)c1cc(-c2ccc(Br)cc2)nc2ccccc12)Nc1nc(-c2ccccc2Cl)cs1. The molecule has 9 heteroatoms. The van der Waals surface area contributed by atoms with Gasteiger partial charge >= 0.3 is 5.97 Å². The molecule has 1 amide bonds. The Labute approximate surface area is 224 Å². The third-order valence-corrected chi connectivity index (χ3v) is 6.93. The minimum atomic E-state index is -0.613. The van der Waals surface area contributed by atoms with Crippen LogP contribution in [0.1, 0.15) is 10.4 Å². The fraction of sp³-hybridized carbons (Fsp3) is 0.0370. The lowest BCUT2D eigenvalue weighted by atomic mass is 10.0. The molecule has 2 aromatic heterocycles. The van der Waals surface area contributed by atoms with Crippen LogP contribution in [-0.4, -0.2) is 28.5 Å². The van der Waals surface area contributed by atoms with Gasteiger partial charge < -0.3 is 4.74 Å². The maximum atomic E-state index is 13.0. The lowest BCUT2D eigenvalue weighted by molar-refractivity contribution is -0.119. The molecule has 0 saturated heterocycles. The molecule has 0 spiro atoms. The average Bonchev–Trinajstić information content (AvgIpc) is 3.35. The number of nitrogens with zero attached hydrogens (tertiary/aromatic N) is 2. The maximum absolute atomic E-state index is 13.0. The number of esters is 1. The van der Waals surface area contributed by atoms with E-state index >= 15 is 0 Å². The van der Waals surface area contributed by atoms with E-state index in [2.05, 4.69) is 31.2 Å². The highest BCUT2D eigenvalue weighted by Gasteiger charge is 2.17. The molecule has 0 bridgehead atoms. The predicted molar refractivity (Wildman–Crippen MR) is 146 cm³/mol. The van der Waals surface area contributed by atoms with E-state index in [0.717, 1.165) is 15.6 Å². The van der Waals surface area contributed by atoms with Crippen LogP contribution in [0.25, 0.3) is 33.4 Å². The summed E-state index contributed by atoms with van der Waals surface area (Å²) in [6, 6.07) is 24.0. The van der Waals surface area contributed by atoms with Crippen LogP contribution >= 0.6 is 38.9 Å². The molecule has 5 aromatic rings. The first-order valence-electron chi connectivity index (χ1n) is 10.8. The van der Waals surface area contributed by atoms with Crippen LogP contribution in [0.2, 0.25) is 5.02 Å². The molecular weight excluding hydrogens is 562 g/mol. The molecule has 0 unspecified atom stereocenters. The number of thiazole rings is 1. The second kappa shape index (κ2) is 10.6. The van der Waals surface area contributed by atoms with Gasteiger partial charge in [-0.1, -0.05) is 76.1 Å². The third kappa shape index (κ3) is 5.31. The van der Waals surface area contributed by atoms with Gasteiger partial charge in [-0.25, -0.2) is 14.8 Å². The second-order valence-corrected chi connectivity index (χ2v) is 9.90. The van der Waals surface area contributed by atoms with Crippen LogP contribution in [0.3, 0.4) is 0 Å². The number of carbonyl (C=O) groups is 2. The molecule has 0 radical (unpaired) electrons. The number of para-hydroxylation sites is 1. The lowest BCUT2D eigenvalue weighted by Crippen LogP contribution is -2.21. The molecule has 0 saturated carbocycles. The van der Waals surface area contributed by atoms with Crippen molar-refractivity contribution in [2.45, 2.75) is 0 Å². The number of amides is 1. The van der Waals surface area contributed by atoms with E-state index in [9.17, 15) is 9.59 Å². The van der Waals surface area contributed by atoms with Crippen LogP contribution in [-0.2, 0) is 9.53 Å². The number of hydrogen-bond acceptors (Lipinski definition) is 6. The van der Waals surface area contributed by atoms with Crippen molar-refractivity contribution in [3.8, 4) is 22.5 Å². The van der Waals surface area contributed by atoms with Crippen molar-refractivity contribution >= 4 is 66.8 Å². The zero-order valence-corrected chi connectivity index (χ0v) is 21.7. The van der Waals surface area contributed by atoms with Gasteiger partial charge in [0.05, 0.1) is 22.5 Å². The normalized spacial score (nSPS) is 10.8. The Morgan fingerprint density at radius 2 is 1.69 bits per heavy atom. The van der Waals surface area contributed by atoms with E-state index in [1.165, 1.54) is 11.3 Å². The molecule has 2 heterocycles. The number of fused-ring (bicyclic) bond motifs is 1. The number of ether oxygens (including phenoxy) is 1. The molecule has 0 fully saturated rings. The number of benzene rings is 3. The Kier molecular flexibility index (Phi) is 7.09.